The maximum Gasteiger partial charge on any atom is 0.249 e. The van der Waals surface area contributed by atoms with E-state index in [2.05, 4.69) is 57.8 Å². The van der Waals surface area contributed by atoms with Crippen molar-refractivity contribution in [3.8, 4) is 0 Å². The highest BCUT2D eigenvalue weighted by atomic mass is 16.5. The number of rotatable bonds is 8. The summed E-state index contributed by atoms with van der Waals surface area (Å²) in [6.07, 6.45) is 2.28. The van der Waals surface area contributed by atoms with Gasteiger partial charge in [-0.25, -0.2) is 0 Å². The molecule has 5 nitrogen and oxygen atoms in total. The summed E-state index contributed by atoms with van der Waals surface area (Å²) >= 11 is 0. The van der Waals surface area contributed by atoms with Crippen LogP contribution in [-0.2, 0) is 9.53 Å². The third kappa shape index (κ3) is 4.20. The van der Waals surface area contributed by atoms with E-state index < -0.39 is 6.10 Å². The number of nitrogens with one attached hydrogen (secondary N) is 2. The number of aromatic nitrogens is 1. The largest absolute Gasteiger partial charge is 0.378 e. The fraction of sp³-hybridized carbons (Fsp3) is 0.348. The Kier molecular flexibility index (Phi) is 6.37. The van der Waals surface area contributed by atoms with E-state index in [4.69, 9.17) is 4.74 Å². The predicted molar refractivity (Wildman–Crippen MR) is 115 cm³/mol. The molecule has 3 rings (SSSR count). The number of ether oxygens (including phenoxy) is 1. The van der Waals surface area contributed by atoms with Gasteiger partial charge in [0, 0.05) is 56.5 Å². The molecular formula is C23H29N3O2. The lowest BCUT2D eigenvalue weighted by Gasteiger charge is -2.21. The van der Waals surface area contributed by atoms with E-state index in [-0.39, 0.29) is 11.8 Å². The summed E-state index contributed by atoms with van der Waals surface area (Å²) in [5.74, 6) is -0.0228. The third-order valence-corrected chi connectivity index (χ3v) is 5.24. The van der Waals surface area contributed by atoms with Gasteiger partial charge in [-0.2, -0.15) is 0 Å². The standard InChI is InChI=1S/C23H29N3O2/c1-5-22(28-4)23(27)25-14-19(16-10-12-17(13-11-16)26(2)3)20-15-24-21-9-7-6-8-18(20)21/h6-13,15,19,22,24H,5,14H2,1-4H3,(H,25,27). The van der Waals surface area contributed by atoms with Crippen LogP contribution in [0.5, 0.6) is 0 Å². The van der Waals surface area contributed by atoms with Crippen molar-refractivity contribution in [2.75, 3.05) is 32.6 Å². The summed E-state index contributed by atoms with van der Waals surface area (Å²) in [5.41, 5.74) is 4.60. The van der Waals surface area contributed by atoms with Gasteiger partial charge in [-0.05, 0) is 35.7 Å². The molecule has 0 aliphatic rings. The summed E-state index contributed by atoms with van der Waals surface area (Å²) in [6, 6.07) is 16.8. The number of aromatic amines is 1. The lowest BCUT2D eigenvalue weighted by atomic mass is 9.90. The molecule has 2 aromatic carbocycles. The molecule has 2 unspecified atom stereocenters. The monoisotopic (exact) mass is 379 g/mol. The van der Waals surface area contributed by atoms with Gasteiger partial charge in [0.05, 0.1) is 0 Å². The van der Waals surface area contributed by atoms with Gasteiger partial charge in [-0.3, -0.25) is 4.79 Å². The summed E-state index contributed by atoms with van der Waals surface area (Å²) in [7, 11) is 5.63. The van der Waals surface area contributed by atoms with Crippen LogP contribution in [0.15, 0.2) is 54.7 Å². The van der Waals surface area contributed by atoms with Gasteiger partial charge in [-0.1, -0.05) is 37.3 Å². The summed E-state index contributed by atoms with van der Waals surface area (Å²) in [5, 5.41) is 4.26. The van der Waals surface area contributed by atoms with Crippen LogP contribution in [0.4, 0.5) is 5.69 Å². The molecule has 0 saturated heterocycles. The van der Waals surface area contributed by atoms with Crippen LogP contribution in [0.2, 0.25) is 0 Å². The third-order valence-electron chi connectivity index (χ3n) is 5.24. The zero-order valence-corrected chi connectivity index (χ0v) is 17.0. The first-order valence-electron chi connectivity index (χ1n) is 9.69. The van der Waals surface area contributed by atoms with Crippen LogP contribution in [0, 0.1) is 0 Å². The van der Waals surface area contributed by atoms with Crippen LogP contribution in [0.25, 0.3) is 10.9 Å². The molecule has 0 saturated carbocycles. The number of amides is 1. The number of para-hydroxylation sites is 1. The molecule has 28 heavy (non-hydrogen) atoms. The highest BCUT2D eigenvalue weighted by Crippen LogP contribution is 2.31. The Bertz CT molecular complexity index is 911. The Labute approximate surface area is 166 Å². The van der Waals surface area contributed by atoms with E-state index >= 15 is 0 Å². The molecule has 1 heterocycles. The van der Waals surface area contributed by atoms with Crippen molar-refractivity contribution in [2.24, 2.45) is 0 Å². The van der Waals surface area contributed by atoms with Gasteiger partial charge in [0.1, 0.15) is 6.10 Å². The van der Waals surface area contributed by atoms with Crippen molar-refractivity contribution in [1.82, 2.24) is 10.3 Å². The lowest BCUT2D eigenvalue weighted by Crippen LogP contribution is -2.37. The number of hydrogen-bond donors (Lipinski definition) is 2. The first-order valence-corrected chi connectivity index (χ1v) is 9.69. The van der Waals surface area contributed by atoms with Crippen molar-refractivity contribution in [1.29, 1.82) is 0 Å². The number of nitrogens with zero attached hydrogens (tertiary/aromatic N) is 1. The van der Waals surface area contributed by atoms with Crippen LogP contribution in [-0.4, -0.2) is 44.7 Å². The molecule has 0 aliphatic heterocycles. The topological polar surface area (TPSA) is 57.4 Å². The number of carbonyl (C=O) groups is 1. The second kappa shape index (κ2) is 8.93. The molecule has 2 atom stereocenters. The van der Waals surface area contributed by atoms with Crippen molar-refractivity contribution in [2.45, 2.75) is 25.4 Å². The minimum absolute atomic E-state index is 0.0469. The van der Waals surface area contributed by atoms with Crippen LogP contribution in [0.3, 0.4) is 0 Å². The SMILES string of the molecule is CCC(OC)C(=O)NCC(c1ccc(N(C)C)cc1)c1c[nH]c2ccccc12. The predicted octanol–water partition coefficient (Wildman–Crippen LogP) is 3.91. The smallest absolute Gasteiger partial charge is 0.249 e. The highest BCUT2D eigenvalue weighted by molar-refractivity contribution is 5.85. The molecule has 0 fully saturated rings. The molecule has 0 aliphatic carbocycles. The molecular weight excluding hydrogens is 350 g/mol. The zero-order chi connectivity index (χ0) is 20.1. The maximum atomic E-state index is 12.5. The van der Waals surface area contributed by atoms with Crippen LogP contribution >= 0.6 is 0 Å². The van der Waals surface area contributed by atoms with E-state index in [1.165, 1.54) is 16.5 Å². The minimum atomic E-state index is -0.417. The Morgan fingerprint density at radius 3 is 2.50 bits per heavy atom. The number of carbonyl (C=O) groups excluding carboxylic acids is 1. The molecule has 5 heteroatoms. The first-order chi connectivity index (χ1) is 13.5. The quantitative estimate of drug-likeness (QED) is 0.624. The van der Waals surface area contributed by atoms with Crippen LogP contribution < -0.4 is 10.2 Å². The minimum Gasteiger partial charge on any atom is -0.378 e. The molecule has 0 radical (unpaired) electrons. The second-order valence-electron chi connectivity index (χ2n) is 7.21. The number of methoxy groups -OCH3 is 1. The fourth-order valence-electron chi connectivity index (χ4n) is 3.57. The van der Waals surface area contributed by atoms with Gasteiger partial charge in [0.2, 0.25) is 5.91 Å². The Hall–Kier alpha value is -2.79. The normalized spacial score (nSPS) is 13.3. The Morgan fingerprint density at radius 2 is 1.86 bits per heavy atom. The van der Waals surface area contributed by atoms with Gasteiger partial charge >= 0.3 is 0 Å². The number of fused-ring (bicyclic) bond motifs is 1. The van der Waals surface area contributed by atoms with Crippen molar-refractivity contribution >= 4 is 22.5 Å². The Morgan fingerprint density at radius 1 is 1.14 bits per heavy atom. The maximum absolute atomic E-state index is 12.5. The Balaban J connectivity index is 1.93. The number of benzene rings is 2. The van der Waals surface area contributed by atoms with E-state index in [0.29, 0.717) is 13.0 Å². The van der Waals surface area contributed by atoms with E-state index in [0.717, 1.165) is 11.2 Å². The molecule has 0 bridgehead atoms. The zero-order valence-electron chi connectivity index (χ0n) is 17.0. The molecule has 148 valence electrons. The van der Waals surface area contributed by atoms with E-state index in [9.17, 15) is 4.79 Å². The van der Waals surface area contributed by atoms with Gasteiger partial charge in [0.15, 0.2) is 0 Å². The van der Waals surface area contributed by atoms with Gasteiger partial charge in [-0.15, -0.1) is 0 Å². The summed E-state index contributed by atoms with van der Waals surface area (Å²) in [6.45, 7) is 2.46. The van der Waals surface area contributed by atoms with Crippen molar-refractivity contribution in [3.63, 3.8) is 0 Å². The molecule has 3 aromatic rings. The average molecular weight is 380 g/mol. The van der Waals surface area contributed by atoms with Crippen LogP contribution in [0.1, 0.15) is 30.4 Å². The molecule has 2 N–H and O–H groups in total. The molecule has 1 aromatic heterocycles. The molecule has 0 spiro atoms. The van der Waals surface area contributed by atoms with E-state index in [1.807, 2.05) is 33.2 Å². The van der Waals surface area contributed by atoms with Gasteiger partial charge in [0.25, 0.3) is 0 Å². The van der Waals surface area contributed by atoms with E-state index in [1.54, 1.807) is 7.11 Å². The van der Waals surface area contributed by atoms with Crippen molar-refractivity contribution in [3.05, 3.63) is 65.9 Å². The summed E-state index contributed by atoms with van der Waals surface area (Å²) < 4.78 is 5.28. The first kappa shape index (κ1) is 20.0. The summed E-state index contributed by atoms with van der Waals surface area (Å²) in [4.78, 5) is 17.9. The van der Waals surface area contributed by atoms with Gasteiger partial charge < -0.3 is 19.9 Å². The fourth-order valence-corrected chi connectivity index (χ4v) is 3.57. The van der Waals surface area contributed by atoms with Crippen molar-refractivity contribution < 1.29 is 9.53 Å². The lowest BCUT2D eigenvalue weighted by molar-refractivity contribution is -0.131. The second-order valence-corrected chi connectivity index (χ2v) is 7.21. The average Bonchev–Trinajstić information content (AvgIpc) is 3.13. The highest BCUT2D eigenvalue weighted by Gasteiger charge is 2.21. The molecule has 1 amide bonds. The number of hydrogen-bond acceptors (Lipinski definition) is 3. The number of anilines is 1. The number of H-pyrrole nitrogens is 1.